The molecule has 3 unspecified atom stereocenters. The van der Waals surface area contributed by atoms with Crippen LogP contribution in [0.2, 0.25) is 5.02 Å². The fourth-order valence-corrected chi connectivity index (χ4v) is 8.47. The lowest BCUT2D eigenvalue weighted by molar-refractivity contribution is -0.145. The van der Waals surface area contributed by atoms with Crippen molar-refractivity contribution in [3.63, 3.8) is 0 Å². The predicted molar refractivity (Wildman–Crippen MR) is 171 cm³/mol. The SMILES string of the molecule is O=C(C(NS(=O)(=O)c1ccc(OCC2CCCCC2)cc1)C(F)(F)c1ccc(-c2ccc(Cl)cc2)cc1)N1CCC2CCCC21. The zero-order chi connectivity index (χ0) is 31.6. The van der Waals surface area contributed by atoms with E-state index in [9.17, 15) is 13.2 Å². The number of fused-ring (bicyclic) bond motifs is 1. The first-order valence-corrected chi connectivity index (χ1v) is 17.8. The van der Waals surface area contributed by atoms with E-state index in [1.807, 2.05) is 0 Å². The molecule has 6 rings (SSSR count). The molecule has 240 valence electrons. The fraction of sp³-hybridized carbons (Fsp3) is 0.457. The van der Waals surface area contributed by atoms with E-state index in [0.29, 0.717) is 35.4 Å². The van der Waals surface area contributed by atoms with Gasteiger partial charge in [-0.05, 0) is 91.5 Å². The van der Waals surface area contributed by atoms with E-state index in [1.54, 1.807) is 24.3 Å². The van der Waals surface area contributed by atoms with E-state index in [1.165, 1.54) is 72.7 Å². The molecule has 1 aliphatic heterocycles. The van der Waals surface area contributed by atoms with Gasteiger partial charge in [-0.15, -0.1) is 0 Å². The fourth-order valence-electron chi connectivity index (χ4n) is 7.15. The minimum atomic E-state index is -4.50. The third-order valence-electron chi connectivity index (χ3n) is 9.72. The number of nitrogens with zero attached hydrogens (tertiary/aromatic N) is 1. The van der Waals surface area contributed by atoms with Gasteiger partial charge in [0.05, 0.1) is 11.5 Å². The van der Waals surface area contributed by atoms with Crippen LogP contribution in [0.3, 0.4) is 0 Å². The van der Waals surface area contributed by atoms with Crippen molar-refractivity contribution in [2.45, 2.75) is 80.7 Å². The van der Waals surface area contributed by atoms with E-state index in [2.05, 4.69) is 4.72 Å². The van der Waals surface area contributed by atoms with Gasteiger partial charge in [0, 0.05) is 23.2 Å². The number of benzene rings is 3. The van der Waals surface area contributed by atoms with Crippen LogP contribution in [0, 0.1) is 11.8 Å². The van der Waals surface area contributed by atoms with Crippen LogP contribution >= 0.6 is 11.6 Å². The second-order valence-electron chi connectivity index (χ2n) is 12.6. The Balaban J connectivity index is 1.24. The molecule has 1 heterocycles. The minimum absolute atomic E-state index is 0.145. The topological polar surface area (TPSA) is 75.7 Å². The van der Waals surface area contributed by atoms with Crippen LogP contribution in [-0.4, -0.2) is 44.5 Å². The Morgan fingerprint density at radius 3 is 2.18 bits per heavy atom. The number of rotatable bonds is 10. The Morgan fingerprint density at radius 2 is 1.51 bits per heavy atom. The van der Waals surface area contributed by atoms with Crippen LogP contribution < -0.4 is 9.46 Å². The largest absolute Gasteiger partial charge is 0.493 e. The summed E-state index contributed by atoms with van der Waals surface area (Å²) < 4.78 is 68.1. The molecule has 3 aromatic carbocycles. The van der Waals surface area contributed by atoms with Gasteiger partial charge in [-0.2, -0.15) is 13.5 Å². The number of carbonyl (C=O) groups is 1. The highest BCUT2D eigenvalue weighted by Gasteiger charge is 2.52. The molecule has 6 nitrogen and oxygen atoms in total. The molecule has 3 atom stereocenters. The van der Waals surface area contributed by atoms with Crippen LogP contribution in [0.15, 0.2) is 77.7 Å². The summed E-state index contributed by atoms with van der Waals surface area (Å²) in [6.45, 7) is 0.896. The number of likely N-dealkylation sites (tertiary alicyclic amines) is 1. The van der Waals surface area contributed by atoms with E-state index < -0.39 is 33.5 Å². The molecule has 45 heavy (non-hydrogen) atoms. The van der Waals surface area contributed by atoms with Crippen molar-refractivity contribution in [3.8, 4) is 16.9 Å². The van der Waals surface area contributed by atoms with Crippen LogP contribution in [0.25, 0.3) is 11.1 Å². The number of ether oxygens (including phenoxy) is 1. The van der Waals surface area contributed by atoms with Gasteiger partial charge in [-0.3, -0.25) is 4.79 Å². The second-order valence-corrected chi connectivity index (χ2v) is 14.8. The van der Waals surface area contributed by atoms with Crippen molar-refractivity contribution in [2.75, 3.05) is 13.2 Å². The molecule has 0 radical (unpaired) electrons. The quantitative estimate of drug-likeness (QED) is 0.242. The summed E-state index contributed by atoms with van der Waals surface area (Å²) in [5.74, 6) is -3.47. The molecule has 3 fully saturated rings. The third-order valence-corrected chi connectivity index (χ3v) is 11.4. The van der Waals surface area contributed by atoms with E-state index in [4.69, 9.17) is 16.3 Å². The van der Waals surface area contributed by atoms with Crippen molar-refractivity contribution in [1.82, 2.24) is 9.62 Å². The summed E-state index contributed by atoms with van der Waals surface area (Å²) in [5, 5.41) is 0.559. The second kappa shape index (κ2) is 13.4. The Morgan fingerprint density at radius 1 is 0.867 bits per heavy atom. The van der Waals surface area contributed by atoms with E-state index in [0.717, 1.165) is 44.1 Å². The Labute approximate surface area is 269 Å². The molecule has 1 N–H and O–H groups in total. The molecule has 1 amide bonds. The van der Waals surface area contributed by atoms with E-state index in [-0.39, 0.29) is 16.9 Å². The summed E-state index contributed by atoms with van der Waals surface area (Å²) in [5.41, 5.74) is 1.03. The molecular weight excluding hydrogens is 618 g/mol. The smallest absolute Gasteiger partial charge is 0.298 e. The number of amides is 1. The number of nitrogens with one attached hydrogen (secondary N) is 1. The lowest BCUT2D eigenvalue weighted by Crippen LogP contribution is -2.57. The lowest BCUT2D eigenvalue weighted by Gasteiger charge is -2.33. The standard InChI is InChI=1S/C35H39ClF2N2O4S/c36-29-15-11-26(12-16-29)25-9-13-28(14-10-25)35(37,38)33(34(41)40-22-21-27-7-4-8-32(27)40)39-45(42,43)31-19-17-30(18-20-31)44-23-24-5-2-1-3-6-24/h9-20,24,27,32-33,39H,1-8,21-23H2. The third kappa shape index (κ3) is 7.05. The van der Waals surface area contributed by atoms with Crippen LogP contribution in [0.5, 0.6) is 5.75 Å². The summed E-state index contributed by atoms with van der Waals surface area (Å²) in [6.07, 6.45) is 9.19. The summed E-state index contributed by atoms with van der Waals surface area (Å²) in [7, 11) is -4.50. The molecule has 0 bridgehead atoms. The van der Waals surface area contributed by atoms with Crippen molar-refractivity contribution < 1.29 is 26.7 Å². The normalized spacial score (nSPS) is 21.4. The highest BCUT2D eigenvalue weighted by Crippen LogP contribution is 2.41. The number of hydrogen-bond donors (Lipinski definition) is 1. The van der Waals surface area contributed by atoms with E-state index >= 15 is 8.78 Å². The highest BCUT2D eigenvalue weighted by molar-refractivity contribution is 7.89. The number of carbonyl (C=O) groups excluding carboxylic acids is 1. The first-order chi connectivity index (χ1) is 21.6. The highest BCUT2D eigenvalue weighted by atomic mass is 35.5. The molecule has 1 saturated heterocycles. The maximum absolute atomic E-state index is 16.4. The van der Waals surface area contributed by atoms with Gasteiger partial charge in [0.2, 0.25) is 15.9 Å². The molecule has 2 aliphatic carbocycles. The zero-order valence-electron chi connectivity index (χ0n) is 25.1. The molecule has 0 spiro atoms. The molecule has 2 saturated carbocycles. The molecule has 0 aromatic heterocycles. The summed E-state index contributed by atoms with van der Waals surface area (Å²) in [6, 6.07) is 15.9. The Hall–Kier alpha value is -3.01. The van der Waals surface area contributed by atoms with Crippen LogP contribution in [0.1, 0.15) is 63.4 Å². The van der Waals surface area contributed by atoms with Crippen molar-refractivity contribution in [1.29, 1.82) is 0 Å². The van der Waals surface area contributed by atoms with Crippen molar-refractivity contribution >= 4 is 27.5 Å². The molecule has 3 aromatic rings. The lowest BCUT2D eigenvalue weighted by atomic mass is 9.90. The predicted octanol–water partition coefficient (Wildman–Crippen LogP) is 7.81. The molecule has 10 heteroatoms. The number of alkyl halides is 2. The molecule has 3 aliphatic rings. The zero-order valence-corrected chi connectivity index (χ0v) is 26.7. The Kier molecular flexibility index (Phi) is 9.50. The Bertz CT molecular complexity index is 1580. The maximum atomic E-state index is 16.4. The van der Waals surface area contributed by atoms with Gasteiger partial charge in [-0.1, -0.05) is 73.7 Å². The number of sulfonamides is 1. The summed E-state index contributed by atoms with van der Waals surface area (Å²) >= 11 is 5.99. The van der Waals surface area contributed by atoms with Gasteiger partial charge in [-0.25, -0.2) is 8.42 Å². The van der Waals surface area contributed by atoms with Gasteiger partial charge in [0.15, 0.2) is 6.04 Å². The average molecular weight is 657 g/mol. The summed E-state index contributed by atoms with van der Waals surface area (Å²) in [4.78, 5) is 15.2. The number of hydrogen-bond acceptors (Lipinski definition) is 4. The van der Waals surface area contributed by atoms with Crippen molar-refractivity contribution in [3.05, 3.63) is 83.4 Å². The van der Waals surface area contributed by atoms with Crippen molar-refractivity contribution in [2.24, 2.45) is 11.8 Å². The van der Waals surface area contributed by atoms with Crippen LogP contribution in [0.4, 0.5) is 8.78 Å². The first kappa shape index (κ1) is 32.0. The van der Waals surface area contributed by atoms with Gasteiger partial charge in [0.25, 0.3) is 5.92 Å². The van der Waals surface area contributed by atoms with Crippen LogP contribution in [-0.2, 0) is 20.7 Å². The molecular formula is C35H39ClF2N2O4S. The van der Waals surface area contributed by atoms with Gasteiger partial charge in [0.1, 0.15) is 5.75 Å². The minimum Gasteiger partial charge on any atom is -0.493 e. The number of halogens is 3. The van der Waals surface area contributed by atoms with Gasteiger partial charge >= 0.3 is 0 Å². The average Bonchev–Trinajstić information content (AvgIpc) is 3.68. The maximum Gasteiger partial charge on any atom is 0.298 e. The monoisotopic (exact) mass is 656 g/mol. The first-order valence-electron chi connectivity index (χ1n) is 15.9. The van der Waals surface area contributed by atoms with Gasteiger partial charge < -0.3 is 9.64 Å².